The van der Waals surface area contributed by atoms with Gasteiger partial charge in [0, 0.05) is 0 Å². The lowest BCUT2D eigenvalue weighted by molar-refractivity contribution is 0.814. The molecule has 0 aromatic heterocycles. The number of hydrogen-bond donors (Lipinski definition) is 0. The maximum atomic E-state index is 5.38. The van der Waals surface area contributed by atoms with E-state index in [4.69, 9.17) is 22.5 Å². The van der Waals surface area contributed by atoms with Crippen molar-refractivity contribution < 1.29 is 0 Å². The molecule has 0 unspecified atom stereocenters. The molecule has 0 rings (SSSR count). The Morgan fingerprint density at radius 1 is 1.50 bits per heavy atom. The zero-order valence-corrected chi connectivity index (χ0v) is 7.18. The molecular formula is C4H9Cl2NP+. The molecular weight excluding hydrogens is 164 g/mol. The summed E-state index contributed by atoms with van der Waals surface area (Å²) < 4.78 is 3.91. The predicted molar refractivity (Wildman–Crippen MR) is 40.8 cm³/mol. The fourth-order valence-corrected chi connectivity index (χ4v) is 1.05. The summed E-state index contributed by atoms with van der Waals surface area (Å²) in [4.78, 5) is 0. The van der Waals surface area contributed by atoms with Crippen molar-refractivity contribution in [3.8, 4) is 0 Å². The van der Waals surface area contributed by atoms with Crippen molar-refractivity contribution in [3.05, 3.63) is 0 Å². The zero-order valence-electron chi connectivity index (χ0n) is 4.77. The maximum Gasteiger partial charge on any atom is 0.438 e. The highest BCUT2D eigenvalue weighted by atomic mass is 35.9. The maximum absolute atomic E-state index is 5.38. The third-order valence-corrected chi connectivity index (χ3v) is 1.77. The van der Waals surface area contributed by atoms with Gasteiger partial charge in [-0.2, -0.15) is 0 Å². The van der Waals surface area contributed by atoms with E-state index < -0.39 is 6.42 Å². The molecule has 0 aromatic carbocycles. The molecule has 0 aliphatic rings. The topological polar surface area (TPSA) is 12.4 Å². The van der Waals surface area contributed by atoms with E-state index >= 15 is 0 Å². The smallest absolute Gasteiger partial charge is 0.0749 e. The summed E-state index contributed by atoms with van der Waals surface area (Å²) in [5, 5.41) is 0. The second-order valence-corrected chi connectivity index (χ2v) is 4.59. The molecule has 0 atom stereocenters. The number of unbranched alkanes of at least 4 members (excludes halogenated alkanes) is 1. The first-order valence-electron chi connectivity index (χ1n) is 2.56. The highest BCUT2D eigenvalue weighted by Gasteiger charge is 1.99. The van der Waals surface area contributed by atoms with Crippen LogP contribution >= 0.6 is 28.9 Å². The Kier molecular flexibility index (Phi) is 6.30. The minimum Gasteiger partial charge on any atom is -0.0749 e. The molecule has 1 nitrogen and oxygen atoms in total. The Balaban J connectivity index is 3.03. The Hall–Kier alpha value is 0.680. The molecule has 0 N–H and O–H groups in total. The highest BCUT2D eigenvalue weighted by Crippen LogP contribution is 2.36. The first kappa shape index (κ1) is 8.68. The molecule has 0 spiro atoms. The molecule has 0 heterocycles. The quantitative estimate of drug-likeness (QED) is 0.455. The Morgan fingerprint density at radius 3 is 2.50 bits per heavy atom. The summed E-state index contributed by atoms with van der Waals surface area (Å²) in [6, 6.07) is 0. The largest absolute Gasteiger partial charge is 0.438 e. The van der Waals surface area contributed by atoms with Gasteiger partial charge >= 0.3 is 6.42 Å². The third kappa shape index (κ3) is 6.68. The minimum absolute atomic E-state index is 0.815. The van der Waals surface area contributed by atoms with Gasteiger partial charge in [0.25, 0.3) is 0 Å². The second-order valence-electron chi connectivity index (χ2n) is 1.43. The molecule has 0 aromatic rings. The van der Waals surface area contributed by atoms with Crippen LogP contribution in [-0.2, 0) is 0 Å². The summed E-state index contributed by atoms with van der Waals surface area (Å²) in [7, 11) is 0. The summed E-state index contributed by atoms with van der Waals surface area (Å²) in [5.41, 5.74) is 0. The molecule has 0 aliphatic heterocycles. The standard InChI is InChI=1S/C4H9Cl2NP/c1-2-3-4-7-8(5)6/h2-4H2,1H3/q+1. The second kappa shape index (κ2) is 5.81. The lowest BCUT2D eigenvalue weighted by Gasteiger charge is -1.79. The van der Waals surface area contributed by atoms with E-state index in [-0.39, 0.29) is 0 Å². The van der Waals surface area contributed by atoms with Crippen LogP contribution in [0.4, 0.5) is 0 Å². The van der Waals surface area contributed by atoms with Crippen molar-refractivity contribution in [1.82, 2.24) is 0 Å². The monoisotopic (exact) mass is 172 g/mol. The molecule has 0 saturated heterocycles. The third-order valence-electron chi connectivity index (χ3n) is 0.719. The van der Waals surface area contributed by atoms with E-state index in [2.05, 4.69) is 11.7 Å². The fourth-order valence-electron chi connectivity index (χ4n) is 0.304. The van der Waals surface area contributed by atoms with Gasteiger partial charge in [-0.25, -0.2) is 0 Å². The van der Waals surface area contributed by atoms with Gasteiger partial charge in [-0.15, -0.1) is 0 Å². The van der Waals surface area contributed by atoms with E-state index in [9.17, 15) is 0 Å². The molecule has 0 bridgehead atoms. The average Bonchev–Trinajstić information content (AvgIpc) is 1.66. The zero-order chi connectivity index (χ0) is 6.41. The van der Waals surface area contributed by atoms with Crippen molar-refractivity contribution in [2.75, 3.05) is 6.54 Å². The van der Waals surface area contributed by atoms with E-state index in [0.29, 0.717) is 0 Å². The van der Waals surface area contributed by atoms with Gasteiger partial charge in [0.05, 0.1) is 6.54 Å². The molecule has 8 heavy (non-hydrogen) atoms. The number of rotatable bonds is 3. The van der Waals surface area contributed by atoms with Crippen LogP contribution in [0.1, 0.15) is 19.8 Å². The van der Waals surface area contributed by atoms with Gasteiger partial charge in [-0.05, 0) is 6.42 Å². The van der Waals surface area contributed by atoms with Crippen LogP contribution in [0.3, 0.4) is 0 Å². The predicted octanol–water partition coefficient (Wildman–Crippen LogP) is 3.76. The first-order chi connectivity index (χ1) is 3.77. The van der Waals surface area contributed by atoms with Crippen LogP contribution in [-0.4, -0.2) is 6.54 Å². The van der Waals surface area contributed by atoms with E-state index in [1.165, 1.54) is 0 Å². The van der Waals surface area contributed by atoms with Crippen LogP contribution in [0.15, 0.2) is 4.74 Å². The number of nitrogens with zero attached hydrogens (tertiary/aromatic N) is 1. The molecule has 0 radical (unpaired) electrons. The normalized spacial score (nSPS) is 8.88. The van der Waals surface area contributed by atoms with E-state index in [1.807, 2.05) is 0 Å². The molecule has 4 heteroatoms. The van der Waals surface area contributed by atoms with Gasteiger partial charge in [-0.3, -0.25) is 0 Å². The van der Waals surface area contributed by atoms with Crippen LogP contribution < -0.4 is 0 Å². The van der Waals surface area contributed by atoms with Crippen molar-refractivity contribution in [2.45, 2.75) is 19.8 Å². The fraction of sp³-hybridized carbons (Fsp3) is 1.00. The van der Waals surface area contributed by atoms with Gasteiger partial charge in [0.2, 0.25) is 22.5 Å². The Bertz CT molecular complexity index is 80.1. The first-order valence-corrected chi connectivity index (χ1v) is 5.67. The Labute approximate surface area is 60.4 Å². The van der Waals surface area contributed by atoms with Crippen molar-refractivity contribution in [1.29, 1.82) is 0 Å². The van der Waals surface area contributed by atoms with Crippen molar-refractivity contribution in [2.24, 2.45) is 4.74 Å². The number of hydrogen-bond acceptors (Lipinski definition) is 1. The summed E-state index contributed by atoms with van der Waals surface area (Å²) >= 11 is 10.8. The van der Waals surface area contributed by atoms with Gasteiger partial charge in [0.1, 0.15) is 0 Å². The van der Waals surface area contributed by atoms with E-state index in [1.54, 1.807) is 0 Å². The van der Waals surface area contributed by atoms with Crippen LogP contribution in [0.2, 0.25) is 0 Å². The SMILES string of the molecule is CCCCN=[P+](Cl)Cl. The van der Waals surface area contributed by atoms with Crippen LogP contribution in [0.25, 0.3) is 0 Å². The van der Waals surface area contributed by atoms with Gasteiger partial charge in [-0.1, -0.05) is 18.1 Å². The molecule has 0 aliphatic carbocycles. The van der Waals surface area contributed by atoms with Crippen LogP contribution in [0, 0.1) is 0 Å². The highest BCUT2D eigenvalue weighted by molar-refractivity contribution is 7.96. The molecule has 0 saturated carbocycles. The van der Waals surface area contributed by atoms with Gasteiger partial charge < -0.3 is 0 Å². The Morgan fingerprint density at radius 2 is 2.12 bits per heavy atom. The minimum atomic E-state index is -1.04. The number of halogens is 2. The van der Waals surface area contributed by atoms with E-state index in [0.717, 1.165) is 19.4 Å². The molecule has 0 fully saturated rings. The van der Waals surface area contributed by atoms with Gasteiger partial charge in [0.15, 0.2) is 0 Å². The average molecular weight is 173 g/mol. The summed E-state index contributed by atoms with van der Waals surface area (Å²) in [6.45, 7) is 2.93. The molecule has 48 valence electrons. The lowest BCUT2D eigenvalue weighted by Crippen LogP contribution is -1.72. The van der Waals surface area contributed by atoms with Crippen molar-refractivity contribution >= 4 is 28.9 Å². The lowest BCUT2D eigenvalue weighted by atomic mass is 10.3. The summed E-state index contributed by atoms with van der Waals surface area (Å²) in [5.74, 6) is 0. The molecule has 0 amide bonds. The van der Waals surface area contributed by atoms with Crippen LogP contribution in [0.5, 0.6) is 0 Å². The summed E-state index contributed by atoms with van der Waals surface area (Å²) in [6.07, 6.45) is 1.21. The van der Waals surface area contributed by atoms with Crippen molar-refractivity contribution in [3.63, 3.8) is 0 Å².